The van der Waals surface area contributed by atoms with Crippen LogP contribution in [0.3, 0.4) is 0 Å². The molecule has 3 rings (SSSR count). The number of nitrogens with zero attached hydrogens (tertiary/aromatic N) is 3. The molecule has 0 aromatic carbocycles. The maximum Gasteiger partial charge on any atom is 0.291 e. The number of piperidine rings is 1. The molecular formula is C10H15N5O. The number of carbonyl (C=O) groups is 1. The van der Waals surface area contributed by atoms with Gasteiger partial charge in [-0.05, 0) is 25.3 Å². The zero-order chi connectivity index (χ0) is 11.0. The van der Waals surface area contributed by atoms with Gasteiger partial charge >= 0.3 is 0 Å². The highest BCUT2D eigenvalue weighted by molar-refractivity contribution is 5.90. The Labute approximate surface area is 93.4 Å². The predicted octanol–water partition coefficient (Wildman–Crippen LogP) is -0.371. The Morgan fingerprint density at radius 1 is 1.50 bits per heavy atom. The molecule has 0 unspecified atom stereocenters. The van der Waals surface area contributed by atoms with Crippen LogP contribution in [0, 0.1) is 5.92 Å². The third-order valence-electron chi connectivity index (χ3n) is 3.50. The van der Waals surface area contributed by atoms with Crippen LogP contribution in [0.1, 0.15) is 23.5 Å². The molecule has 2 aliphatic rings. The van der Waals surface area contributed by atoms with Crippen LogP contribution < -0.4 is 5.32 Å². The van der Waals surface area contributed by atoms with E-state index >= 15 is 0 Å². The highest BCUT2D eigenvalue weighted by Crippen LogP contribution is 2.25. The number of hydrogen-bond acceptors (Lipinski definition) is 4. The van der Waals surface area contributed by atoms with Gasteiger partial charge in [0.2, 0.25) is 5.82 Å². The first-order valence-corrected chi connectivity index (χ1v) is 5.72. The molecule has 1 amide bonds. The molecule has 0 aliphatic carbocycles. The standard InChI is InChI=1S/C10H15N5O/c16-10(9-12-6-13-14-9)15-4-7-2-1-3-11-8(7)5-15/h6-8,11H,1-5H2,(H,12,13,14)/t7-,8+/m0/s1. The van der Waals surface area contributed by atoms with Crippen LogP contribution in [0.5, 0.6) is 0 Å². The topological polar surface area (TPSA) is 73.9 Å². The molecule has 3 heterocycles. The first kappa shape index (κ1) is 9.77. The summed E-state index contributed by atoms with van der Waals surface area (Å²) >= 11 is 0. The normalized spacial score (nSPS) is 29.1. The number of hydrogen-bond donors (Lipinski definition) is 2. The number of likely N-dealkylation sites (tertiary alicyclic amines) is 1. The van der Waals surface area contributed by atoms with Gasteiger partial charge in [0.25, 0.3) is 5.91 Å². The van der Waals surface area contributed by atoms with E-state index < -0.39 is 0 Å². The van der Waals surface area contributed by atoms with Crippen molar-refractivity contribution in [3.05, 3.63) is 12.2 Å². The van der Waals surface area contributed by atoms with Crippen LogP contribution in [0.2, 0.25) is 0 Å². The van der Waals surface area contributed by atoms with Gasteiger partial charge in [0.1, 0.15) is 6.33 Å². The molecule has 2 aliphatic heterocycles. The van der Waals surface area contributed by atoms with Crippen molar-refractivity contribution < 1.29 is 4.79 Å². The van der Waals surface area contributed by atoms with E-state index in [-0.39, 0.29) is 5.91 Å². The van der Waals surface area contributed by atoms with E-state index in [4.69, 9.17) is 0 Å². The molecule has 6 nitrogen and oxygen atoms in total. The molecule has 1 aromatic rings. The van der Waals surface area contributed by atoms with Gasteiger partial charge in [-0.1, -0.05) is 0 Å². The van der Waals surface area contributed by atoms with Crippen molar-refractivity contribution in [1.82, 2.24) is 25.4 Å². The Hall–Kier alpha value is -1.43. The number of H-pyrrole nitrogens is 1. The molecule has 0 saturated carbocycles. The Kier molecular flexibility index (Phi) is 2.36. The summed E-state index contributed by atoms with van der Waals surface area (Å²) in [5.74, 6) is 0.924. The SMILES string of the molecule is O=C(c1ncn[nH]1)N1C[C@@H]2CCCN[C@@H]2C1. The number of nitrogens with one attached hydrogen (secondary N) is 2. The van der Waals surface area contributed by atoms with Gasteiger partial charge < -0.3 is 10.2 Å². The first-order chi connectivity index (χ1) is 7.84. The average Bonchev–Trinajstić information content (AvgIpc) is 2.97. The minimum atomic E-state index is -0.0336. The molecule has 1 aromatic heterocycles. The Morgan fingerprint density at radius 2 is 2.44 bits per heavy atom. The smallest absolute Gasteiger partial charge is 0.291 e. The minimum Gasteiger partial charge on any atom is -0.334 e. The van der Waals surface area contributed by atoms with Crippen LogP contribution in [0.4, 0.5) is 0 Å². The van der Waals surface area contributed by atoms with E-state index in [1.165, 1.54) is 19.2 Å². The molecule has 86 valence electrons. The quantitative estimate of drug-likeness (QED) is 0.678. The Bertz CT molecular complexity index is 363. The van der Waals surface area contributed by atoms with E-state index in [9.17, 15) is 4.79 Å². The second-order valence-corrected chi connectivity index (χ2v) is 4.51. The van der Waals surface area contributed by atoms with Crippen molar-refractivity contribution in [2.24, 2.45) is 5.92 Å². The molecule has 2 atom stereocenters. The Morgan fingerprint density at radius 3 is 3.19 bits per heavy atom. The van der Waals surface area contributed by atoms with Gasteiger partial charge in [-0.15, -0.1) is 0 Å². The summed E-state index contributed by atoms with van der Waals surface area (Å²) in [6.45, 7) is 2.72. The van der Waals surface area contributed by atoms with Crippen molar-refractivity contribution in [3.63, 3.8) is 0 Å². The van der Waals surface area contributed by atoms with E-state index in [2.05, 4.69) is 20.5 Å². The highest BCUT2D eigenvalue weighted by atomic mass is 16.2. The number of fused-ring (bicyclic) bond motifs is 1. The maximum absolute atomic E-state index is 12.0. The zero-order valence-electron chi connectivity index (χ0n) is 9.02. The summed E-state index contributed by atoms with van der Waals surface area (Å²) in [5.41, 5.74) is 0. The monoisotopic (exact) mass is 221 g/mol. The highest BCUT2D eigenvalue weighted by Gasteiger charge is 2.37. The lowest BCUT2D eigenvalue weighted by atomic mass is 9.94. The number of aromatic amines is 1. The van der Waals surface area contributed by atoms with Crippen LogP contribution in [-0.2, 0) is 0 Å². The van der Waals surface area contributed by atoms with Crippen LogP contribution in [0.15, 0.2) is 6.33 Å². The van der Waals surface area contributed by atoms with Gasteiger partial charge in [-0.3, -0.25) is 9.89 Å². The number of aromatic nitrogens is 3. The maximum atomic E-state index is 12.0. The minimum absolute atomic E-state index is 0.0336. The molecule has 0 spiro atoms. The van der Waals surface area contributed by atoms with Crippen molar-refractivity contribution in [2.75, 3.05) is 19.6 Å². The number of amides is 1. The predicted molar refractivity (Wildman–Crippen MR) is 56.8 cm³/mol. The zero-order valence-corrected chi connectivity index (χ0v) is 9.02. The van der Waals surface area contributed by atoms with E-state index in [0.29, 0.717) is 17.8 Å². The molecule has 16 heavy (non-hydrogen) atoms. The van der Waals surface area contributed by atoms with E-state index in [1.807, 2.05) is 4.90 Å². The fraction of sp³-hybridized carbons (Fsp3) is 0.700. The molecule has 2 saturated heterocycles. The van der Waals surface area contributed by atoms with Crippen LogP contribution in [0.25, 0.3) is 0 Å². The summed E-state index contributed by atoms with van der Waals surface area (Å²) in [6, 6.07) is 0.473. The van der Waals surface area contributed by atoms with Crippen LogP contribution in [-0.4, -0.2) is 51.7 Å². The van der Waals surface area contributed by atoms with Crippen molar-refractivity contribution in [1.29, 1.82) is 0 Å². The second-order valence-electron chi connectivity index (χ2n) is 4.51. The third-order valence-corrected chi connectivity index (χ3v) is 3.50. The van der Waals surface area contributed by atoms with Gasteiger partial charge in [0, 0.05) is 19.1 Å². The molecular weight excluding hydrogens is 206 g/mol. The molecule has 6 heteroatoms. The lowest BCUT2D eigenvalue weighted by Gasteiger charge is -2.24. The lowest BCUT2D eigenvalue weighted by Crippen LogP contribution is -2.41. The summed E-state index contributed by atoms with van der Waals surface area (Å²) in [5, 5.41) is 9.80. The molecule has 0 radical (unpaired) electrons. The van der Waals surface area contributed by atoms with Gasteiger partial charge in [-0.25, -0.2) is 4.98 Å². The fourth-order valence-electron chi connectivity index (χ4n) is 2.67. The summed E-state index contributed by atoms with van der Waals surface area (Å²) in [4.78, 5) is 17.8. The number of rotatable bonds is 1. The first-order valence-electron chi connectivity index (χ1n) is 5.72. The summed E-state index contributed by atoms with van der Waals surface area (Å²) in [6.07, 6.45) is 3.80. The van der Waals surface area contributed by atoms with E-state index in [1.54, 1.807) is 0 Å². The van der Waals surface area contributed by atoms with Crippen molar-refractivity contribution in [2.45, 2.75) is 18.9 Å². The fourth-order valence-corrected chi connectivity index (χ4v) is 2.67. The molecule has 0 bridgehead atoms. The van der Waals surface area contributed by atoms with Crippen LogP contribution >= 0.6 is 0 Å². The Balaban J connectivity index is 1.71. The molecule has 2 N–H and O–H groups in total. The van der Waals surface area contributed by atoms with Crippen molar-refractivity contribution >= 4 is 5.91 Å². The largest absolute Gasteiger partial charge is 0.334 e. The van der Waals surface area contributed by atoms with Gasteiger partial charge in [0.05, 0.1) is 0 Å². The van der Waals surface area contributed by atoms with E-state index in [0.717, 1.165) is 19.6 Å². The average molecular weight is 221 g/mol. The summed E-state index contributed by atoms with van der Waals surface area (Å²) < 4.78 is 0. The number of carbonyl (C=O) groups excluding carboxylic acids is 1. The summed E-state index contributed by atoms with van der Waals surface area (Å²) in [7, 11) is 0. The van der Waals surface area contributed by atoms with Crippen molar-refractivity contribution in [3.8, 4) is 0 Å². The molecule has 2 fully saturated rings. The lowest BCUT2D eigenvalue weighted by molar-refractivity contribution is 0.0774. The third kappa shape index (κ3) is 1.59. The van der Waals surface area contributed by atoms with Gasteiger partial charge in [-0.2, -0.15) is 5.10 Å². The second kappa shape index (κ2) is 3.86. The van der Waals surface area contributed by atoms with Gasteiger partial charge in [0.15, 0.2) is 0 Å².